The Kier molecular flexibility index (Phi) is 6.52. The van der Waals surface area contributed by atoms with Gasteiger partial charge >= 0.3 is 11.9 Å². The minimum absolute atomic E-state index is 0.0548. The van der Waals surface area contributed by atoms with Gasteiger partial charge in [-0.15, -0.1) is 0 Å². The van der Waals surface area contributed by atoms with Gasteiger partial charge in [-0.05, 0) is 67.1 Å². The Morgan fingerprint density at radius 3 is 2.52 bits per heavy atom. The molecule has 33 heavy (non-hydrogen) atoms. The van der Waals surface area contributed by atoms with Gasteiger partial charge in [0.1, 0.15) is 17.7 Å². The lowest BCUT2D eigenvalue weighted by molar-refractivity contribution is -0.190. The van der Waals surface area contributed by atoms with E-state index in [0.717, 1.165) is 32.1 Å². The van der Waals surface area contributed by atoms with E-state index < -0.39 is 5.41 Å². The molecule has 0 aromatic carbocycles. The number of rotatable bonds is 5. The monoisotopic (exact) mass is 460 g/mol. The number of fused-ring (bicyclic) bond motifs is 5. The quantitative estimate of drug-likeness (QED) is 0.561. The molecular weight excluding hydrogens is 420 g/mol. The molecule has 0 saturated heterocycles. The van der Waals surface area contributed by atoms with Gasteiger partial charge in [0.05, 0.1) is 7.11 Å². The number of ketones is 2. The van der Waals surface area contributed by atoms with Crippen LogP contribution in [0, 0.1) is 46.3 Å². The van der Waals surface area contributed by atoms with Crippen LogP contribution in [-0.2, 0) is 28.7 Å². The Morgan fingerprint density at radius 2 is 1.85 bits per heavy atom. The van der Waals surface area contributed by atoms with Crippen molar-refractivity contribution < 1.29 is 28.7 Å². The summed E-state index contributed by atoms with van der Waals surface area (Å²) in [4.78, 5) is 50.0. The average molecular weight is 461 g/mol. The number of methoxy groups -OCH3 is 1. The lowest BCUT2D eigenvalue weighted by Gasteiger charge is -2.61. The summed E-state index contributed by atoms with van der Waals surface area (Å²) in [6.45, 7) is 8.06. The zero-order valence-corrected chi connectivity index (χ0v) is 20.9. The van der Waals surface area contributed by atoms with Crippen molar-refractivity contribution in [3.05, 3.63) is 0 Å². The van der Waals surface area contributed by atoms with E-state index in [-0.39, 0.29) is 59.0 Å². The SMILES string of the molecule is COC(=O)CC[C@H](C)[C@H]1CCC2C3C(OC(C)=O)C[C@@H]4CC(=O)CC[C@]4(C)C3CC(=O)[C@@]21C. The Bertz CT molecular complexity index is 834. The third-order valence-corrected chi connectivity index (χ3v) is 10.4. The molecule has 4 saturated carbocycles. The van der Waals surface area contributed by atoms with Crippen LogP contribution in [0.3, 0.4) is 0 Å². The fraction of sp³-hybridized carbons (Fsp3) is 0.852. The maximum Gasteiger partial charge on any atom is 0.305 e. The van der Waals surface area contributed by atoms with Gasteiger partial charge in [0.15, 0.2) is 0 Å². The molecule has 4 fully saturated rings. The van der Waals surface area contributed by atoms with Crippen LogP contribution in [0.15, 0.2) is 0 Å². The van der Waals surface area contributed by atoms with E-state index in [4.69, 9.17) is 9.47 Å². The second-order valence-corrected chi connectivity index (χ2v) is 11.8. The van der Waals surface area contributed by atoms with Crippen LogP contribution in [0.5, 0.6) is 0 Å². The van der Waals surface area contributed by atoms with Crippen LogP contribution in [0.2, 0.25) is 0 Å². The molecule has 0 spiro atoms. The number of ether oxygens (including phenoxy) is 2. The van der Waals surface area contributed by atoms with Crippen molar-refractivity contribution in [2.75, 3.05) is 7.11 Å². The van der Waals surface area contributed by atoms with Crippen LogP contribution in [-0.4, -0.2) is 36.7 Å². The molecule has 0 aromatic heterocycles. The van der Waals surface area contributed by atoms with E-state index in [1.54, 1.807) is 0 Å². The first-order valence-corrected chi connectivity index (χ1v) is 12.8. The number of carbonyl (C=O) groups is 4. The molecule has 0 aliphatic heterocycles. The summed E-state index contributed by atoms with van der Waals surface area (Å²) in [7, 11) is 1.41. The van der Waals surface area contributed by atoms with Gasteiger partial charge in [0.2, 0.25) is 0 Å². The van der Waals surface area contributed by atoms with Crippen LogP contribution in [0.25, 0.3) is 0 Å². The van der Waals surface area contributed by atoms with Crippen molar-refractivity contribution in [1.82, 2.24) is 0 Å². The summed E-state index contributed by atoms with van der Waals surface area (Å²) in [6, 6.07) is 0. The van der Waals surface area contributed by atoms with Gasteiger partial charge in [0, 0.05) is 43.9 Å². The van der Waals surface area contributed by atoms with E-state index in [9.17, 15) is 19.2 Å². The second kappa shape index (κ2) is 8.81. The minimum Gasteiger partial charge on any atom is -0.469 e. The van der Waals surface area contributed by atoms with E-state index in [1.807, 2.05) is 0 Å². The summed E-state index contributed by atoms with van der Waals surface area (Å²) < 4.78 is 10.8. The zero-order valence-electron chi connectivity index (χ0n) is 20.9. The van der Waals surface area contributed by atoms with E-state index in [1.165, 1.54) is 14.0 Å². The second-order valence-electron chi connectivity index (χ2n) is 11.8. The molecule has 0 amide bonds. The lowest BCUT2D eigenvalue weighted by atomic mass is 9.43. The molecule has 0 heterocycles. The minimum atomic E-state index is -0.456. The maximum atomic E-state index is 13.9. The molecule has 0 bridgehead atoms. The van der Waals surface area contributed by atoms with Crippen LogP contribution < -0.4 is 0 Å². The largest absolute Gasteiger partial charge is 0.469 e. The summed E-state index contributed by atoms with van der Waals surface area (Å²) in [5, 5.41) is 0. The number of hydrogen-bond donors (Lipinski definition) is 0. The first-order chi connectivity index (χ1) is 15.5. The molecule has 4 unspecified atom stereocenters. The molecule has 4 rings (SSSR count). The fourth-order valence-electron chi connectivity index (χ4n) is 8.63. The van der Waals surface area contributed by atoms with E-state index >= 15 is 0 Å². The number of esters is 2. The van der Waals surface area contributed by atoms with Gasteiger partial charge in [-0.25, -0.2) is 0 Å². The molecule has 184 valence electrons. The summed E-state index contributed by atoms with van der Waals surface area (Å²) in [6.07, 6.45) is 5.99. The van der Waals surface area contributed by atoms with Gasteiger partial charge < -0.3 is 9.47 Å². The summed E-state index contributed by atoms with van der Waals surface area (Å²) >= 11 is 0. The molecule has 0 radical (unpaired) electrons. The fourth-order valence-corrected chi connectivity index (χ4v) is 8.63. The van der Waals surface area contributed by atoms with E-state index in [2.05, 4.69) is 20.8 Å². The molecule has 0 N–H and O–H groups in total. The van der Waals surface area contributed by atoms with Gasteiger partial charge in [-0.2, -0.15) is 0 Å². The Balaban J connectivity index is 1.65. The highest BCUT2D eigenvalue weighted by molar-refractivity contribution is 5.87. The highest BCUT2D eigenvalue weighted by Crippen LogP contribution is 2.67. The van der Waals surface area contributed by atoms with Crippen molar-refractivity contribution in [3.8, 4) is 0 Å². The van der Waals surface area contributed by atoms with Crippen molar-refractivity contribution in [1.29, 1.82) is 0 Å². The number of carbonyl (C=O) groups excluding carboxylic acids is 4. The molecule has 6 nitrogen and oxygen atoms in total. The predicted octanol–water partition coefficient (Wildman–Crippen LogP) is 4.52. The summed E-state index contributed by atoms with van der Waals surface area (Å²) in [5.41, 5.74) is -0.510. The number of Topliss-reactive ketones (excluding diaryl/α,β-unsaturated/α-hetero) is 2. The first-order valence-electron chi connectivity index (χ1n) is 12.8. The van der Waals surface area contributed by atoms with Crippen LogP contribution in [0.1, 0.15) is 85.5 Å². The molecule has 4 aliphatic carbocycles. The predicted molar refractivity (Wildman–Crippen MR) is 122 cm³/mol. The van der Waals surface area contributed by atoms with Crippen molar-refractivity contribution in [2.45, 2.75) is 91.6 Å². The standard InChI is InChI=1S/C27H40O6/c1-15(6-9-24(31)32-5)19-7-8-20-25-21(14-23(30)27(19,20)4)26(3)11-10-18(29)12-17(26)13-22(25)33-16(2)28/h15,17,19-22,25H,6-14H2,1-5H3/t15-,17-,19+,20?,21?,22?,25?,26-,27+/m0/s1. The van der Waals surface area contributed by atoms with Crippen LogP contribution in [0.4, 0.5) is 0 Å². The maximum absolute atomic E-state index is 13.9. The van der Waals surface area contributed by atoms with Crippen molar-refractivity contribution in [3.63, 3.8) is 0 Å². The normalized spacial score (nSPS) is 43.2. The zero-order chi connectivity index (χ0) is 24.1. The third-order valence-electron chi connectivity index (χ3n) is 10.4. The Morgan fingerprint density at radius 1 is 1.12 bits per heavy atom. The van der Waals surface area contributed by atoms with Gasteiger partial charge in [0.25, 0.3) is 0 Å². The molecular formula is C27H40O6. The Labute approximate surface area is 197 Å². The molecule has 4 aliphatic rings. The van der Waals surface area contributed by atoms with Crippen molar-refractivity contribution >= 4 is 23.5 Å². The Hall–Kier alpha value is -1.72. The highest BCUT2D eigenvalue weighted by Gasteiger charge is 2.66. The molecule has 0 aromatic rings. The van der Waals surface area contributed by atoms with Crippen LogP contribution >= 0.6 is 0 Å². The molecule has 9 atom stereocenters. The van der Waals surface area contributed by atoms with Gasteiger partial charge in [-0.3, -0.25) is 19.2 Å². The topological polar surface area (TPSA) is 86.7 Å². The first kappa shape index (κ1) is 24.4. The average Bonchev–Trinajstić information content (AvgIpc) is 3.11. The smallest absolute Gasteiger partial charge is 0.305 e. The lowest BCUT2D eigenvalue weighted by Crippen LogP contribution is -2.61. The van der Waals surface area contributed by atoms with Crippen molar-refractivity contribution in [2.24, 2.45) is 46.3 Å². The molecule has 6 heteroatoms. The van der Waals surface area contributed by atoms with E-state index in [0.29, 0.717) is 37.2 Å². The third kappa shape index (κ3) is 3.95. The van der Waals surface area contributed by atoms with Gasteiger partial charge in [-0.1, -0.05) is 20.8 Å². The number of hydrogen-bond acceptors (Lipinski definition) is 6. The summed E-state index contributed by atoms with van der Waals surface area (Å²) in [5.74, 6) is 1.28. The highest BCUT2D eigenvalue weighted by atomic mass is 16.5.